The van der Waals surface area contributed by atoms with Crippen LogP contribution in [0.4, 0.5) is 0 Å². The SMILES string of the molecule is CC(C)NS(=O)(=O)c1ccccc1SC(C)CC(=O)O. The predicted molar refractivity (Wildman–Crippen MR) is 79.5 cm³/mol. The number of sulfonamides is 1. The van der Waals surface area contributed by atoms with E-state index < -0.39 is 16.0 Å². The molecule has 20 heavy (non-hydrogen) atoms. The average molecular weight is 317 g/mol. The van der Waals surface area contributed by atoms with Crippen molar-refractivity contribution in [2.75, 3.05) is 0 Å². The second kappa shape index (κ2) is 7.10. The van der Waals surface area contributed by atoms with Crippen molar-refractivity contribution in [1.29, 1.82) is 0 Å². The highest BCUT2D eigenvalue weighted by Crippen LogP contribution is 2.31. The van der Waals surface area contributed by atoms with Crippen molar-refractivity contribution in [3.63, 3.8) is 0 Å². The lowest BCUT2D eigenvalue weighted by Crippen LogP contribution is -2.30. The Bertz CT molecular complexity index is 569. The lowest BCUT2D eigenvalue weighted by atomic mass is 10.3. The lowest BCUT2D eigenvalue weighted by molar-refractivity contribution is -0.136. The lowest BCUT2D eigenvalue weighted by Gasteiger charge is -2.15. The summed E-state index contributed by atoms with van der Waals surface area (Å²) in [5.74, 6) is -0.898. The molecular weight excluding hydrogens is 298 g/mol. The van der Waals surface area contributed by atoms with Crippen LogP contribution in [-0.4, -0.2) is 30.8 Å². The minimum atomic E-state index is -3.58. The monoisotopic (exact) mass is 317 g/mol. The molecule has 0 amide bonds. The molecule has 0 aromatic heterocycles. The Labute approximate surface area is 123 Å². The van der Waals surface area contributed by atoms with Crippen LogP contribution in [0.25, 0.3) is 0 Å². The Balaban J connectivity index is 3.02. The van der Waals surface area contributed by atoms with Crippen molar-refractivity contribution in [1.82, 2.24) is 4.72 Å². The molecule has 2 N–H and O–H groups in total. The Hall–Kier alpha value is -1.05. The molecule has 0 radical (unpaired) electrons. The van der Waals surface area contributed by atoms with Crippen molar-refractivity contribution < 1.29 is 18.3 Å². The molecule has 0 bridgehead atoms. The number of thioether (sulfide) groups is 1. The maximum absolute atomic E-state index is 12.2. The zero-order valence-corrected chi connectivity index (χ0v) is 13.3. The van der Waals surface area contributed by atoms with E-state index in [0.717, 1.165) is 0 Å². The van der Waals surface area contributed by atoms with Crippen LogP contribution in [0.15, 0.2) is 34.1 Å². The van der Waals surface area contributed by atoms with Crippen molar-refractivity contribution >= 4 is 27.8 Å². The molecule has 1 rings (SSSR count). The minimum Gasteiger partial charge on any atom is -0.481 e. The fourth-order valence-electron chi connectivity index (χ4n) is 1.65. The molecule has 112 valence electrons. The number of hydrogen-bond donors (Lipinski definition) is 2. The van der Waals surface area contributed by atoms with Crippen LogP contribution in [0.1, 0.15) is 27.2 Å². The highest BCUT2D eigenvalue weighted by Gasteiger charge is 2.21. The largest absolute Gasteiger partial charge is 0.481 e. The number of nitrogens with one attached hydrogen (secondary N) is 1. The molecule has 1 aromatic rings. The van der Waals surface area contributed by atoms with Crippen LogP contribution in [-0.2, 0) is 14.8 Å². The summed E-state index contributed by atoms with van der Waals surface area (Å²) in [5, 5.41) is 8.56. The average Bonchev–Trinajstić information content (AvgIpc) is 2.26. The van der Waals surface area contributed by atoms with E-state index in [1.807, 2.05) is 0 Å². The van der Waals surface area contributed by atoms with Crippen LogP contribution in [0.3, 0.4) is 0 Å². The number of hydrogen-bond acceptors (Lipinski definition) is 4. The van der Waals surface area contributed by atoms with Gasteiger partial charge in [0, 0.05) is 16.2 Å². The first-order valence-electron chi connectivity index (χ1n) is 6.22. The number of carboxylic acids is 1. The van der Waals surface area contributed by atoms with Gasteiger partial charge in [-0.05, 0) is 26.0 Å². The molecule has 1 unspecified atom stereocenters. The molecule has 0 fully saturated rings. The zero-order chi connectivity index (χ0) is 15.3. The van der Waals surface area contributed by atoms with E-state index in [4.69, 9.17) is 5.11 Å². The fourth-order valence-corrected chi connectivity index (χ4v) is 4.46. The number of carbonyl (C=O) groups is 1. The fraction of sp³-hybridized carbons (Fsp3) is 0.462. The van der Waals surface area contributed by atoms with Crippen LogP contribution < -0.4 is 4.72 Å². The summed E-state index contributed by atoms with van der Waals surface area (Å²) >= 11 is 1.25. The van der Waals surface area contributed by atoms with Crippen molar-refractivity contribution in [2.24, 2.45) is 0 Å². The number of benzene rings is 1. The summed E-state index contributed by atoms with van der Waals surface area (Å²) in [5.41, 5.74) is 0. The van der Waals surface area contributed by atoms with Gasteiger partial charge in [-0.3, -0.25) is 4.79 Å². The van der Waals surface area contributed by atoms with Crippen LogP contribution in [0, 0.1) is 0 Å². The topological polar surface area (TPSA) is 83.5 Å². The van der Waals surface area contributed by atoms with E-state index in [2.05, 4.69) is 4.72 Å². The summed E-state index contributed by atoms with van der Waals surface area (Å²) in [6.07, 6.45) is -0.0172. The molecule has 5 nitrogen and oxygen atoms in total. The van der Waals surface area contributed by atoms with E-state index in [0.29, 0.717) is 4.90 Å². The summed E-state index contributed by atoms with van der Waals surface area (Å²) < 4.78 is 27.0. The molecular formula is C13H19NO4S2. The van der Waals surface area contributed by atoms with Gasteiger partial charge in [0.15, 0.2) is 0 Å². The normalized spacial score (nSPS) is 13.4. The standard InChI is InChI=1S/C13H19NO4S2/c1-9(2)14-20(17,18)12-7-5-4-6-11(12)19-10(3)8-13(15)16/h4-7,9-10,14H,8H2,1-3H3,(H,15,16). The molecule has 0 saturated carbocycles. The van der Waals surface area contributed by atoms with Crippen LogP contribution in [0.2, 0.25) is 0 Å². The molecule has 7 heteroatoms. The first kappa shape index (κ1) is 17.0. The van der Waals surface area contributed by atoms with Gasteiger partial charge in [0.1, 0.15) is 0 Å². The highest BCUT2D eigenvalue weighted by molar-refractivity contribution is 8.00. The van der Waals surface area contributed by atoms with Gasteiger partial charge in [0.25, 0.3) is 0 Å². The van der Waals surface area contributed by atoms with E-state index in [9.17, 15) is 13.2 Å². The Morgan fingerprint density at radius 3 is 2.45 bits per heavy atom. The second-order valence-corrected chi connectivity index (χ2v) is 7.91. The third kappa shape index (κ3) is 5.15. The molecule has 1 aromatic carbocycles. The van der Waals surface area contributed by atoms with Gasteiger partial charge in [-0.1, -0.05) is 19.1 Å². The number of rotatable bonds is 7. The maximum atomic E-state index is 12.2. The third-order valence-corrected chi connectivity index (χ3v) is 5.34. The van der Waals surface area contributed by atoms with Crippen LogP contribution in [0.5, 0.6) is 0 Å². The Morgan fingerprint density at radius 1 is 1.30 bits per heavy atom. The van der Waals surface area contributed by atoms with E-state index in [1.54, 1.807) is 39.0 Å². The van der Waals surface area contributed by atoms with Gasteiger partial charge in [-0.25, -0.2) is 13.1 Å². The minimum absolute atomic E-state index is 0.0172. The maximum Gasteiger partial charge on any atom is 0.304 e. The first-order chi connectivity index (χ1) is 9.22. The summed E-state index contributed by atoms with van der Waals surface area (Å²) in [7, 11) is -3.58. The van der Waals surface area contributed by atoms with Gasteiger partial charge in [0.2, 0.25) is 10.0 Å². The van der Waals surface area contributed by atoms with E-state index in [1.165, 1.54) is 17.8 Å². The quantitative estimate of drug-likeness (QED) is 0.754. The number of carboxylic acid groups (broad SMARTS) is 1. The van der Waals surface area contributed by atoms with Crippen LogP contribution >= 0.6 is 11.8 Å². The van der Waals surface area contributed by atoms with E-state index >= 15 is 0 Å². The third-order valence-electron chi connectivity index (χ3n) is 2.32. The molecule has 1 atom stereocenters. The van der Waals surface area contributed by atoms with Gasteiger partial charge in [-0.2, -0.15) is 0 Å². The molecule has 0 spiro atoms. The molecule has 0 saturated heterocycles. The van der Waals surface area contributed by atoms with E-state index in [-0.39, 0.29) is 22.6 Å². The second-order valence-electron chi connectivity index (χ2n) is 4.75. The molecule has 0 aliphatic heterocycles. The first-order valence-corrected chi connectivity index (χ1v) is 8.58. The van der Waals surface area contributed by atoms with Crippen molar-refractivity contribution in [3.05, 3.63) is 24.3 Å². The van der Waals surface area contributed by atoms with Gasteiger partial charge in [0.05, 0.1) is 11.3 Å². The van der Waals surface area contributed by atoms with Gasteiger partial charge >= 0.3 is 5.97 Å². The molecule has 0 heterocycles. The zero-order valence-electron chi connectivity index (χ0n) is 11.7. The molecule has 0 aliphatic rings. The summed E-state index contributed by atoms with van der Waals surface area (Å²) in [6.45, 7) is 5.26. The van der Waals surface area contributed by atoms with Gasteiger partial charge < -0.3 is 5.11 Å². The van der Waals surface area contributed by atoms with Gasteiger partial charge in [-0.15, -0.1) is 11.8 Å². The predicted octanol–water partition coefficient (Wildman–Crippen LogP) is 2.33. The Kier molecular flexibility index (Phi) is 6.04. The summed E-state index contributed by atoms with van der Waals surface area (Å²) in [4.78, 5) is 11.4. The highest BCUT2D eigenvalue weighted by atomic mass is 32.2. The van der Waals surface area contributed by atoms with Crippen molar-refractivity contribution in [3.8, 4) is 0 Å². The van der Waals surface area contributed by atoms with Crippen molar-refractivity contribution in [2.45, 2.75) is 48.3 Å². The number of aliphatic carboxylic acids is 1. The Morgan fingerprint density at radius 2 is 1.90 bits per heavy atom. The smallest absolute Gasteiger partial charge is 0.304 e. The molecule has 0 aliphatic carbocycles. The summed E-state index contributed by atoms with van der Waals surface area (Å²) in [6, 6.07) is 6.42.